The highest BCUT2D eigenvalue weighted by molar-refractivity contribution is 6.04. The minimum Gasteiger partial charge on any atom is -0.508 e. The van der Waals surface area contributed by atoms with Gasteiger partial charge in [0.1, 0.15) is 5.75 Å². The molecule has 134 valence electrons. The van der Waals surface area contributed by atoms with Crippen LogP contribution in [0.1, 0.15) is 60.9 Å². The fourth-order valence-corrected chi connectivity index (χ4v) is 6.16. The minimum absolute atomic E-state index is 0.00953. The average Bonchev–Trinajstić information content (AvgIpc) is 3.13. The van der Waals surface area contributed by atoms with Crippen molar-refractivity contribution in [2.75, 3.05) is 19.7 Å². The standard InChI is InChI=1S/C21H27NO3/c23-14-6-7-16-18(12-14)21-8-2-1-5-17(21)19(20(16)24)22(10-9-21)13-15-4-3-11-25-15/h6-7,12,15,17,19,23H,1-5,8-11,13H2/t15?,17-,19-,21+/m0/s1. The molecule has 25 heavy (non-hydrogen) atoms. The van der Waals surface area contributed by atoms with Crippen molar-refractivity contribution in [3.8, 4) is 5.75 Å². The predicted octanol–water partition coefficient (Wildman–Crippen LogP) is 3.27. The highest BCUT2D eigenvalue weighted by atomic mass is 16.5. The molecule has 1 aromatic carbocycles. The van der Waals surface area contributed by atoms with E-state index in [1.165, 1.54) is 12.8 Å². The number of carbonyl (C=O) groups is 1. The van der Waals surface area contributed by atoms with Crippen molar-refractivity contribution in [2.45, 2.75) is 62.5 Å². The van der Waals surface area contributed by atoms with Gasteiger partial charge in [0.15, 0.2) is 5.78 Å². The van der Waals surface area contributed by atoms with Gasteiger partial charge in [0.25, 0.3) is 0 Å². The first kappa shape index (κ1) is 15.8. The molecule has 4 nitrogen and oxygen atoms in total. The molecule has 0 radical (unpaired) electrons. The van der Waals surface area contributed by atoms with E-state index >= 15 is 0 Å². The first-order chi connectivity index (χ1) is 12.2. The number of phenols is 1. The zero-order chi connectivity index (χ0) is 17.0. The number of ketones is 1. The van der Waals surface area contributed by atoms with Crippen molar-refractivity contribution < 1.29 is 14.6 Å². The third kappa shape index (κ3) is 2.30. The number of nitrogens with zero attached hydrogens (tertiary/aromatic N) is 1. The zero-order valence-electron chi connectivity index (χ0n) is 14.7. The second-order valence-corrected chi connectivity index (χ2v) is 8.43. The molecule has 4 atom stereocenters. The van der Waals surface area contributed by atoms with Gasteiger partial charge in [0.2, 0.25) is 0 Å². The van der Waals surface area contributed by atoms with Gasteiger partial charge in [0, 0.05) is 24.1 Å². The van der Waals surface area contributed by atoms with Crippen LogP contribution in [-0.4, -0.2) is 47.6 Å². The van der Waals surface area contributed by atoms with Crippen molar-refractivity contribution in [3.05, 3.63) is 29.3 Å². The van der Waals surface area contributed by atoms with Crippen LogP contribution in [0.2, 0.25) is 0 Å². The van der Waals surface area contributed by atoms with Crippen LogP contribution in [-0.2, 0) is 10.2 Å². The number of benzene rings is 1. The smallest absolute Gasteiger partial charge is 0.180 e. The zero-order valence-corrected chi connectivity index (χ0v) is 14.7. The summed E-state index contributed by atoms with van der Waals surface area (Å²) in [5.41, 5.74) is 2.09. The van der Waals surface area contributed by atoms with Gasteiger partial charge in [-0.2, -0.15) is 0 Å². The molecule has 1 aromatic rings. The van der Waals surface area contributed by atoms with Crippen molar-refractivity contribution in [3.63, 3.8) is 0 Å². The van der Waals surface area contributed by atoms with Crippen molar-refractivity contribution in [2.24, 2.45) is 5.92 Å². The Morgan fingerprint density at radius 1 is 1.20 bits per heavy atom. The molecule has 2 heterocycles. The molecule has 2 aliphatic carbocycles. The second-order valence-electron chi connectivity index (χ2n) is 8.43. The molecule has 4 heteroatoms. The highest BCUT2D eigenvalue weighted by Crippen LogP contribution is 2.56. The van der Waals surface area contributed by atoms with E-state index in [0.29, 0.717) is 17.8 Å². The molecular weight excluding hydrogens is 314 g/mol. The Hall–Kier alpha value is -1.39. The second kappa shape index (κ2) is 5.82. The summed E-state index contributed by atoms with van der Waals surface area (Å²) in [7, 11) is 0. The van der Waals surface area contributed by atoms with Crippen LogP contribution < -0.4 is 0 Å². The Bertz CT molecular complexity index is 696. The van der Waals surface area contributed by atoms with Gasteiger partial charge in [0.05, 0.1) is 12.1 Å². The first-order valence-electron chi connectivity index (χ1n) is 9.92. The Balaban J connectivity index is 1.57. The molecule has 5 rings (SSSR count). The maximum Gasteiger partial charge on any atom is 0.180 e. The average molecular weight is 341 g/mol. The van der Waals surface area contributed by atoms with Gasteiger partial charge in [-0.1, -0.05) is 12.8 Å². The fourth-order valence-electron chi connectivity index (χ4n) is 6.16. The molecule has 1 saturated carbocycles. The summed E-state index contributed by atoms with van der Waals surface area (Å²) in [5, 5.41) is 10.1. The van der Waals surface area contributed by atoms with Crippen molar-refractivity contribution >= 4 is 5.78 Å². The summed E-state index contributed by atoms with van der Waals surface area (Å²) < 4.78 is 5.86. The molecule has 1 unspecified atom stereocenters. The summed E-state index contributed by atoms with van der Waals surface area (Å²) in [6.45, 7) is 2.74. The Labute approximate surface area is 149 Å². The number of phenolic OH excluding ortho intramolecular Hbond substituents is 1. The molecule has 0 amide bonds. The van der Waals surface area contributed by atoms with E-state index in [9.17, 15) is 9.90 Å². The monoisotopic (exact) mass is 341 g/mol. The maximum atomic E-state index is 13.4. The van der Waals surface area contributed by atoms with E-state index in [1.807, 2.05) is 12.1 Å². The summed E-state index contributed by atoms with van der Waals surface area (Å²) in [4.78, 5) is 15.8. The molecular formula is C21H27NO3. The largest absolute Gasteiger partial charge is 0.508 e. The number of piperidine rings is 1. The minimum atomic E-state index is 0.00953. The van der Waals surface area contributed by atoms with E-state index < -0.39 is 0 Å². The molecule has 4 aliphatic rings. The van der Waals surface area contributed by atoms with E-state index in [2.05, 4.69) is 4.90 Å². The van der Waals surface area contributed by atoms with Crippen LogP contribution in [0.4, 0.5) is 0 Å². The number of aromatic hydroxyl groups is 1. The Morgan fingerprint density at radius 2 is 2.12 bits per heavy atom. The van der Waals surface area contributed by atoms with E-state index in [4.69, 9.17) is 4.74 Å². The lowest BCUT2D eigenvalue weighted by molar-refractivity contribution is -0.0238. The Kier molecular flexibility index (Phi) is 3.68. The fraction of sp³-hybridized carbons (Fsp3) is 0.667. The van der Waals surface area contributed by atoms with Crippen LogP contribution in [0.15, 0.2) is 18.2 Å². The summed E-state index contributed by atoms with van der Waals surface area (Å²) in [6, 6.07) is 5.44. The number of rotatable bonds is 2. The highest BCUT2D eigenvalue weighted by Gasteiger charge is 2.57. The summed E-state index contributed by atoms with van der Waals surface area (Å²) in [5.74, 6) is 0.971. The van der Waals surface area contributed by atoms with Gasteiger partial charge in [-0.3, -0.25) is 9.69 Å². The van der Waals surface area contributed by atoms with Gasteiger partial charge in [-0.05, 0) is 68.3 Å². The van der Waals surface area contributed by atoms with Crippen LogP contribution in [0.5, 0.6) is 5.75 Å². The predicted molar refractivity (Wildman–Crippen MR) is 95.0 cm³/mol. The van der Waals surface area contributed by atoms with E-state index in [-0.39, 0.29) is 17.2 Å². The Morgan fingerprint density at radius 3 is 2.96 bits per heavy atom. The van der Waals surface area contributed by atoms with E-state index in [0.717, 1.165) is 62.9 Å². The quantitative estimate of drug-likeness (QED) is 0.897. The summed E-state index contributed by atoms with van der Waals surface area (Å²) >= 11 is 0. The molecule has 0 spiro atoms. The molecule has 2 bridgehead atoms. The molecule has 1 N–H and O–H groups in total. The van der Waals surface area contributed by atoms with Gasteiger partial charge < -0.3 is 9.84 Å². The maximum absolute atomic E-state index is 13.4. The van der Waals surface area contributed by atoms with E-state index in [1.54, 1.807) is 6.07 Å². The number of ether oxygens (including phenoxy) is 1. The topological polar surface area (TPSA) is 49.8 Å². The van der Waals surface area contributed by atoms with Crippen molar-refractivity contribution in [1.82, 2.24) is 4.90 Å². The van der Waals surface area contributed by atoms with Crippen LogP contribution in [0, 0.1) is 5.92 Å². The number of Topliss-reactive ketones (excluding diaryl/α,β-unsaturated/α-hetero) is 1. The van der Waals surface area contributed by atoms with Crippen LogP contribution in [0.25, 0.3) is 0 Å². The lowest BCUT2D eigenvalue weighted by Gasteiger charge is -2.58. The molecule has 2 aliphatic heterocycles. The third-order valence-corrected chi connectivity index (χ3v) is 7.25. The summed E-state index contributed by atoms with van der Waals surface area (Å²) in [6.07, 6.45) is 8.41. The number of carbonyl (C=O) groups excluding carboxylic acids is 1. The molecule has 0 aromatic heterocycles. The van der Waals surface area contributed by atoms with Crippen LogP contribution in [0.3, 0.4) is 0 Å². The van der Waals surface area contributed by atoms with Crippen molar-refractivity contribution in [1.29, 1.82) is 0 Å². The molecule has 2 saturated heterocycles. The normalized spacial score (nSPS) is 37.6. The lowest BCUT2D eigenvalue weighted by atomic mass is 9.52. The number of fused-ring (bicyclic) bond motifs is 1. The lowest BCUT2D eigenvalue weighted by Crippen LogP contribution is -2.64. The number of hydrogen-bond acceptors (Lipinski definition) is 4. The molecule has 3 fully saturated rings. The van der Waals surface area contributed by atoms with Gasteiger partial charge >= 0.3 is 0 Å². The van der Waals surface area contributed by atoms with Crippen LogP contribution >= 0.6 is 0 Å². The number of likely N-dealkylation sites (tertiary alicyclic amines) is 1. The van der Waals surface area contributed by atoms with Gasteiger partial charge in [-0.15, -0.1) is 0 Å². The SMILES string of the molecule is O=C1c2ccc(O)cc2[C@@]23CCCC[C@H]2[C@@H]1N(CC1CCCO1)CC3. The third-order valence-electron chi connectivity index (χ3n) is 7.25. The first-order valence-corrected chi connectivity index (χ1v) is 9.92. The van der Waals surface area contributed by atoms with Gasteiger partial charge in [-0.25, -0.2) is 0 Å². The number of hydrogen-bond donors (Lipinski definition) is 1.